The Hall–Kier alpha value is -0.0900. The lowest BCUT2D eigenvalue weighted by atomic mass is 10.1. The molecule has 0 atom stereocenters. The molecule has 0 aliphatic rings. The lowest BCUT2D eigenvalue weighted by Gasteiger charge is -2.02. The molecule has 0 unspecified atom stereocenters. The van der Waals surface area contributed by atoms with Crippen molar-refractivity contribution in [3.05, 3.63) is 42.0 Å². The summed E-state index contributed by atoms with van der Waals surface area (Å²) < 4.78 is 19.5. The van der Waals surface area contributed by atoms with Crippen LogP contribution in [0.2, 0.25) is 30.1 Å². The van der Waals surface area contributed by atoms with Crippen LogP contribution in [0.15, 0.2) is 10.5 Å². The van der Waals surface area contributed by atoms with Crippen molar-refractivity contribution in [2.45, 2.75) is 0 Å². The second kappa shape index (κ2) is 4.98. The Kier molecular flexibility index (Phi) is 3.69. The Morgan fingerprint density at radius 2 is 1.40 bits per heavy atom. The van der Waals surface area contributed by atoms with E-state index in [1.54, 1.807) is 0 Å². The van der Waals surface area contributed by atoms with Crippen molar-refractivity contribution in [1.29, 1.82) is 0 Å². The first-order chi connectivity index (χ1) is 9.34. The summed E-state index contributed by atoms with van der Waals surface area (Å²) >= 11 is 35.7. The number of hydrogen-bond acceptors (Lipinski definition) is 1. The molecule has 1 nitrogen and oxygen atoms in total. The minimum Gasteiger partial charge on any atom is -0.451 e. The van der Waals surface area contributed by atoms with Gasteiger partial charge in [-0.25, -0.2) is 4.39 Å². The molecule has 0 spiro atoms. The van der Waals surface area contributed by atoms with Crippen molar-refractivity contribution in [3.63, 3.8) is 0 Å². The van der Waals surface area contributed by atoms with Gasteiger partial charge in [0.05, 0.1) is 25.5 Å². The van der Waals surface area contributed by atoms with Gasteiger partial charge in [0.2, 0.25) is 0 Å². The number of fused-ring (bicyclic) bond motifs is 3. The van der Waals surface area contributed by atoms with Crippen molar-refractivity contribution < 1.29 is 8.81 Å². The lowest BCUT2D eigenvalue weighted by molar-refractivity contribution is 0.584. The van der Waals surface area contributed by atoms with Crippen LogP contribution in [0.25, 0.3) is 21.9 Å². The molecule has 0 amide bonds. The van der Waals surface area contributed by atoms with Gasteiger partial charge in [-0.2, -0.15) is 0 Å². The van der Waals surface area contributed by atoms with Gasteiger partial charge in [0.25, 0.3) is 0 Å². The molecule has 0 N–H and O–H groups in total. The Balaban J connectivity index is 2.67. The van der Waals surface area contributed by atoms with E-state index in [-0.39, 0.29) is 46.7 Å². The zero-order chi connectivity index (χ0) is 14.8. The summed E-state index contributed by atoms with van der Waals surface area (Å²) in [6.45, 7) is 0. The molecule has 1 heterocycles. The summed E-state index contributed by atoms with van der Waals surface area (Å²) in [6.07, 6.45) is 0. The van der Waals surface area contributed by atoms with E-state index in [1.807, 2.05) is 0 Å². The molecular formula is C12HCl6FO. The fourth-order valence-electron chi connectivity index (χ4n) is 1.91. The minimum absolute atomic E-state index is 0.0567. The highest BCUT2D eigenvalue weighted by Gasteiger charge is 2.24. The van der Waals surface area contributed by atoms with Crippen LogP contribution in [-0.2, 0) is 0 Å². The maximum atomic E-state index is 14.1. The van der Waals surface area contributed by atoms with Gasteiger partial charge in [-0.15, -0.1) is 0 Å². The third-order valence-electron chi connectivity index (χ3n) is 2.81. The first-order valence-corrected chi connectivity index (χ1v) is 7.33. The van der Waals surface area contributed by atoms with Crippen molar-refractivity contribution in [3.8, 4) is 0 Å². The van der Waals surface area contributed by atoms with Crippen LogP contribution in [0.1, 0.15) is 0 Å². The topological polar surface area (TPSA) is 13.1 Å². The Labute approximate surface area is 142 Å². The summed E-state index contributed by atoms with van der Waals surface area (Å²) in [5, 5.41) is 0.632. The second-order valence-electron chi connectivity index (χ2n) is 3.93. The van der Waals surface area contributed by atoms with E-state index in [2.05, 4.69) is 0 Å². The highest BCUT2D eigenvalue weighted by atomic mass is 35.5. The predicted octanol–water partition coefficient (Wildman–Crippen LogP) is 7.65. The molecule has 1 aromatic heterocycles. The van der Waals surface area contributed by atoms with Gasteiger partial charge in [-0.1, -0.05) is 69.6 Å². The molecule has 0 radical (unpaired) electrons. The average molecular weight is 393 g/mol. The number of rotatable bonds is 0. The van der Waals surface area contributed by atoms with Gasteiger partial charge in [-0.3, -0.25) is 0 Å². The van der Waals surface area contributed by atoms with E-state index >= 15 is 0 Å². The van der Waals surface area contributed by atoms with Gasteiger partial charge in [0.1, 0.15) is 10.0 Å². The monoisotopic (exact) mass is 390 g/mol. The molecule has 3 aromatic rings. The number of halogens is 7. The summed E-state index contributed by atoms with van der Waals surface area (Å²) in [5.41, 5.74) is 0.00910. The fourth-order valence-corrected chi connectivity index (χ4v) is 3.24. The number of benzene rings is 2. The number of furan rings is 1. The highest BCUT2D eigenvalue weighted by molar-refractivity contribution is 6.53. The van der Waals surface area contributed by atoms with Crippen LogP contribution < -0.4 is 0 Å². The molecule has 2 aromatic carbocycles. The van der Waals surface area contributed by atoms with E-state index in [9.17, 15) is 4.39 Å². The van der Waals surface area contributed by atoms with Crippen molar-refractivity contribution >= 4 is 91.5 Å². The van der Waals surface area contributed by atoms with Crippen LogP contribution in [0.4, 0.5) is 4.39 Å². The Bertz CT molecular complexity index is 885. The second-order valence-corrected chi connectivity index (χ2v) is 6.22. The average Bonchev–Trinajstić information content (AvgIpc) is 2.80. The molecule has 0 saturated heterocycles. The highest BCUT2D eigenvalue weighted by Crippen LogP contribution is 2.47. The molecule has 0 bridgehead atoms. The Morgan fingerprint density at radius 1 is 0.750 bits per heavy atom. The van der Waals surface area contributed by atoms with Crippen LogP contribution in [0, 0.1) is 5.82 Å². The zero-order valence-corrected chi connectivity index (χ0v) is 13.7. The smallest absolute Gasteiger partial charge is 0.186 e. The SMILES string of the molecule is Fc1c(Cl)c(Cl)c(Cl)c2c1oc1c(Cl)c(Cl)c(Cl)cc12. The van der Waals surface area contributed by atoms with E-state index < -0.39 is 5.82 Å². The standard InChI is InChI=1S/C12HCl6FO/c13-3-1-2-4-6(15)7(16)8(17)10(19)12(4)20-11(2)9(18)5(3)14/h1H. The molecule has 104 valence electrons. The van der Waals surface area contributed by atoms with E-state index in [4.69, 9.17) is 74.0 Å². The fraction of sp³-hybridized carbons (Fsp3) is 0. The summed E-state index contributed by atoms with van der Waals surface area (Å²) in [4.78, 5) is 0. The molecule has 8 heteroatoms. The van der Waals surface area contributed by atoms with Crippen molar-refractivity contribution in [1.82, 2.24) is 0 Å². The molecule has 3 rings (SSSR count). The first kappa shape index (κ1) is 14.8. The van der Waals surface area contributed by atoms with Crippen molar-refractivity contribution in [2.24, 2.45) is 0 Å². The molecule has 0 saturated carbocycles. The van der Waals surface area contributed by atoms with Gasteiger partial charge in [0, 0.05) is 5.39 Å². The van der Waals surface area contributed by atoms with Gasteiger partial charge >= 0.3 is 0 Å². The lowest BCUT2D eigenvalue weighted by Crippen LogP contribution is -1.82. The zero-order valence-electron chi connectivity index (χ0n) is 9.13. The quantitative estimate of drug-likeness (QED) is 0.283. The maximum Gasteiger partial charge on any atom is 0.186 e. The van der Waals surface area contributed by atoms with Gasteiger partial charge in [-0.05, 0) is 6.07 Å². The van der Waals surface area contributed by atoms with E-state index in [0.717, 1.165) is 0 Å². The molecule has 0 aliphatic heterocycles. The minimum atomic E-state index is -0.824. The Morgan fingerprint density at radius 3 is 2.05 bits per heavy atom. The summed E-state index contributed by atoms with van der Waals surface area (Å²) in [5.74, 6) is -0.824. The van der Waals surface area contributed by atoms with E-state index in [1.165, 1.54) is 6.07 Å². The molecule has 0 aliphatic carbocycles. The predicted molar refractivity (Wildman–Crippen MR) is 83.7 cm³/mol. The summed E-state index contributed by atoms with van der Waals surface area (Å²) in [7, 11) is 0. The van der Waals surface area contributed by atoms with Gasteiger partial charge < -0.3 is 4.42 Å². The molecular weight excluding hydrogens is 392 g/mol. The third kappa shape index (κ3) is 1.90. The normalized spacial score (nSPS) is 11.8. The first-order valence-electron chi connectivity index (χ1n) is 5.06. The number of hydrogen-bond donors (Lipinski definition) is 0. The van der Waals surface area contributed by atoms with Crippen molar-refractivity contribution in [2.75, 3.05) is 0 Å². The molecule has 20 heavy (non-hydrogen) atoms. The van der Waals surface area contributed by atoms with Crippen LogP contribution in [0.5, 0.6) is 0 Å². The van der Waals surface area contributed by atoms with Crippen LogP contribution >= 0.6 is 69.6 Å². The summed E-state index contributed by atoms with van der Waals surface area (Å²) in [6, 6.07) is 1.48. The van der Waals surface area contributed by atoms with Crippen LogP contribution in [-0.4, -0.2) is 0 Å². The third-order valence-corrected chi connectivity index (χ3v) is 5.36. The van der Waals surface area contributed by atoms with E-state index in [0.29, 0.717) is 5.39 Å². The van der Waals surface area contributed by atoms with Gasteiger partial charge in [0.15, 0.2) is 17.0 Å². The molecule has 0 fully saturated rings. The van der Waals surface area contributed by atoms with Crippen LogP contribution in [0.3, 0.4) is 0 Å². The maximum absolute atomic E-state index is 14.1. The largest absolute Gasteiger partial charge is 0.451 e.